The summed E-state index contributed by atoms with van der Waals surface area (Å²) in [5, 5.41) is 11.9. The van der Waals surface area contributed by atoms with E-state index in [1.54, 1.807) is 14.0 Å². The molecule has 0 aliphatic heterocycles. The smallest absolute Gasteiger partial charge is 0.306 e. The molecule has 2 atom stereocenters. The second-order valence-electron chi connectivity index (χ2n) is 3.76. The lowest BCUT2D eigenvalue weighted by molar-refractivity contribution is -0.141. The summed E-state index contributed by atoms with van der Waals surface area (Å²) in [4.78, 5) is 10.7. The quantitative estimate of drug-likeness (QED) is 0.781. The van der Waals surface area contributed by atoms with E-state index in [1.165, 1.54) is 0 Å². The molecular formula is C11H17NO3. The first kappa shape index (κ1) is 11.8. The fourth-order valence-electron chi connectivity index (χ4n) is 1.47. The van der Waals surface area contributed by atoms with Gasteiger partial charge >= 0.3 is 5.97 Å². The van der Waals surface area contributed by atoms with Crippen LogP contribution < -0.4 is 5.32 Å². The number of carboxylic acid groups (broad SMARTS) is 1. The second-order valence-corrected chi connectivity index (χ2v) is 3.76. The Kier molecular flexibility index (Phi) is 3.91. The lowest BCUT2D eigenvalue weighted by atomic mass is 10.0. The van der Waals surface area contributed by atoms with Crippen molar-refractivity contribution in [2.75, 3.05) is 7.05 Å². The van der Waals surface area contributed by atoms with Crippen LogP contribution in [0.5, 0.6) is 0 Å². The Balaban J connectivity index is 2.68. The monoisotopic (exact) mass is 211 g/mol. The SMILES string of the molecule is CNC(CC(C)C(=O)O)c1ccc(C)o1. The summed E-state index contributed by atoms with van der Waals surface area (Å²) in [6.45, 7) is 3.57. The van der Waals surface area contributed by atoms with E-state index in [4.69, 9.17) is 9.52 Å². The van der Waals surface area contributed by atoms with Crippen LogP contribution in [0.25, 0.3) is 0 Å². The van der Waals surface area contributed by atoms with E-state index in [2.05, 4.69) is 5.32 Å². The topological polar surface area (TPSA) is 62.5 Å². The molecule has 1 aromatic rings. The maximum Gasteiger partial charge on any atom is 0.306 e. The van der Waals surface area contributed by atoms with Crippen molar-refractivity contribution in [2.24, 2.45) is 5.92 Å². The van der Waals surface area contributed by atoms with E-state index >= 15 is 0 Å². The standard InChI is InChI=1S/C11H17NO3/c1-7(11(13)14)6-9(12-3)10-5-4-8(2)15-10/h4-5,7,9,12H,6H2,1-3H3,(H,13,14). The molecule has 0 spiro atoms. The molecule has 0 bridgehead atoms. The van der Waals surface area contributed by atoms with Crippen molar-refractivity contribution < 1.29 is 14.3 Å². The van der Waals surface area contributed by atoms with Crippen molar-refractivity contribution in [3.8, 4) is 0 Å². The van der Waals surface area contributed by atoms with Gasteiger partial charge in [-0.2, -0.15) is 0 Å². The summed E-state index contributed by atoms with van der Waals surface area (Å²) < 4.78 is 5.46. The highest BCUT2D eigenvalue weighted by atomic mass is 16.4. The van der Waals surface area contributed by atoms with Crippen LogP contribution in [0, 0.1) is 12.8 Å². The van der Waals surface area contributed by atoms with Crippen molar-refractivity contribution in [1.29, 1.82) is 0 Å². The fourth-order valence-corrected chi connectivity index (χ4v) is 1.47. The zero-order valence-electron chi connectivity index (χ0n) is 9.28. The molecule has 2 N–H and O–H groups in total. The molecule has 0 saturated carbocycles. The zero-order chi connectivity index (χ0) is 11.4. The third-order valence-corrected chi connectivity index (χ3v) is 2.46. The maximum absolute atomic E-state index is 10.7. The first-order valence-corrected chi connectivity index (χ1v) is 5.01. The van der Waals surface area contributed by atoms with Crippen LogP contribution in [0.15, 0.2) is 16.5 Å². The maximum atomic E-state index is 10.7. The minimum Gasteiger partial charge on any atom is -0.481 e. The van der Waals surface area contributed by atoms with Crippen LogP contribution in [0.2, 0.25) is 0 Å². The largest absolute Gasteiger partial charge is 0.481 e. The van der Waals surface area contributed by atoms with Gasteiger partial charge in [-0.1, -0.05) is 6.92 Å². The third-order valence-electron chi connectivity index (χ3n) is 2.46. The normalized spacial score (nSPS) is 14.9. The molecule has 0 aliphatic carbocycles. The lowest BCUT2D eigenvalue weighted by Gasteiger charge is -2.15. The van der Waals surface area contributed by atoms with Gasteiger partial charge in [-0.15, -0.1) is 0 Å². The molecule has 1 heterocycles. The molecule has 1 aromatic heterocycles. The summed E-state index contributed by atoms with van der Waals surface area (Å²) in [6.07, 6.45) is 0.527. The van der Waals surface area contributed by atoms with Crippen LogP contribution >= 0.6 is 0 Å². The van der Waals surface area contributed by atoms with Gasteiger partial charge in [0, 0.05) is 0 Å². The number of hydrogen-bond acceptors (Lipinski definition) is 3. The predicted molar refractivity (Wildman–Crippen MR) is 56.7 cm³/mol. The Morgan fingerprint density at radius 2 is 2.27 bits per heavy atom. The summed E-state index contributed by atoms with van der Waals surface area (Å²) >= 11 is 0. The van der Waals surface area contributed by atoms with Crippen molar-refractivity contribution in [3.05, 3.63) is 23.7 Å². The Bertz CT molecular complexity index is 332. The highest BCUT2D eigenvalue weighted by Gasteiger charge is 2.20. The Labute approximate surface area is 89.3 Å². The van der Waals surface area contributed by atoms with E-state index in [-0.39, 0.29) is 12.0 Å². The number of carbonyl (C=O) groups is 1. The van der Waals surface area contributed by atoms with E-state index in [0.29, 0.717) is 6.42 Å². The van der Waals surface area contributed by atoms with Crippen LogP contribution in [-0.2, 0) is 4.79 Å². The Hall–Kier alpha value is -1.29. The molecule has 2 unspecified atom stereocenters. The minimum atomic E-state index is -0.779. The number of carboxylic acids is 1. The van der Waals surface area contributed by atoms with Gasteiger partial charge in [0.2, 0.25) is 0 Å². The molecule has 4 heteroatoms. The second kappa shape index (κ2) is 4.98. The van der Waals surface area contributed by atoms with E-state index in [1.807, 2.05) is 19.1 Å². The molecular weight excluding hydrogens is 194 g/mol. The van der Waals surface area contributed by atoms with Gasteiger partial charge in [-0.25, -0.2) is 0 Å². The van der Waals surface area contributed by atoms with Gasteiger partial charge < -0.3 is 14.8 Å². The van der Waals surface area contributed by atoms with Crippen LogP contribution in [0.3, 0.4) is 0 Å². The fraction of sp³-hybridized carbons (Fsp3) is 0.545. The number of hydrogen-bond donors (Lipinski definition) is 2. The van der Waals surface area contributed by atoms with E-state index < -0.39 is 5.97 Å². The summed E-state index contributed by atoms with van der Waals surface area (Å²) in [5.74, 6) is 0.475. The average molecular weight is 211 g/mol. The van der Waals surface area contributed by atoms with Crippen LogP contribution in [0.4, 0.5) is 0 Å². The predicted octanol–water partition coefficient (Wildman–Crippen LogP) is 1.96. The van der Waals surface area contributed by atoms with Crippen molar-refractivity contribution >= 4 is 5.97 Å². The Morgan fingerprint density at radius 1 is 1.60 bits per heavy atom. The van der Waals surface area contributed by atoms with Gasteiger partial charge in [0.15, 0.2) is 0 Å². The molecule has 0 radical (unpaired) electrons. The molecule has 0 aliphatic rings. The number of rotatable bonds is 5. The third kappa shape index (κ3) is 3.09. The molecule has 15 heavy (non-hydrogen) atoms. The van der Waals surface area contributed by atoms with E-state index in [0.717, 1.165) is 11.5 Å². The van der Waals surface area contributed by atoms with Gasteiger partial charge in [-0.3, -0.25) is 4.79 Å². The average Bonchev–Trinajstić information content (AvgIpc) is 2.60. The number of aliphatic carboxylic acids is 1. The molecule has 0 amide bonds. The Morgan fingerprint density at radius 3 is 2.67 bits per heavy atom. The molecule has 1 rings (SSSR count). The summed E-state index contributed by atoms with van der Waals surface area (Å²) in [6, 6.07) is 3.72. The van der Waals surface area contributed by atoms with Crippen molar-refractivity contribution in [3.63, 3.8) is 0 Å². The lowest BCUT2D eigenvalue weighted by Crippen LogP contribution is -2.22. The zero-order valence-corrected chi connectivity index (χ0v) is 9.28. The molecule has 0 aromatic carbocycles. The van der Waals surface area contributed by atoms with Gasteiger partial charge in [0.05, 0.1) is 12.0 Å². The molecule has 4 nitrogen and oxygen atoms in total. The van der Waals surface area contributed by atoms with Crippen LogP contribution in [-0.4, -0.2) is 18.1 Å². The first-order valence-electron chi connectivity index (χ1n) is 5.01. The highest BCUT2D eigenvalue weighted by Crippen LogP contribution is 2.22. The summed E-state index contributed by atoms with van der Waals surface area (Å²) in [5.41, 5.74) is 0. The minimum absolute atomic E-state index is 0.0372. The molecule has 0 fully saturated rings. The number of aryl methyl sites for hydroxylation is 1. The number of nitrogens with one attached hydrogen (secondary N) is 1. The van der Waals surface area contributed by atoms with Gasteiger partial charge in [-0.05, 0) is 32.5 Å². The van der Waals surface area contributed by atoms with Gasteiger partial charge in [0.1, 0.15) is 11.5 Å². The number of furan rings is 1. The van der Waals surface area contributed by atoms with Crippen molar-refractivity contribution in [1.82, 2.24) is 5.32 Å². The van der Waals surface area contributed by atoms with Gasteiger partial charge in [0.25, 0.3) is 0 Å². The molecule has 84 valence electrons. The first-order chi connectivity index (χ1) is 7.04. The van der Waals surface area contributed by atoms with Crippen LogP contribution in [0.1, 0.15) is 30.9 Å². The van der Waals surface area contributed by atoms with Crippen molar-refractivity contribution in [2.45, 2.75) is 26.3 Å². The summed E-state index contributed by atoms with van der Waals surface area (Å²) in [7, 11) is 1.80. The highest BCUT2D eigenvalue weighted by molar-refractivity contribution is 5.69. The molecule has 0 saturated heterocycles. The van der Waals surface area contributed by atoms with E-state index in [9.17, 15) is 4.79 Å².